The number of halogens is 1. The van der Waals surface area contributed by atoms with Gasteiger partial charge in [0, 0.05) is 6.42 Å². The summed E-state index contributed by atoms with van der Waals surface area (Å²) in [5, 5.41) is 18.2. The van der Waals surface area contributed by atoms with Gasteiger partial charge in [0.1, 0.15) is 18.0 Å². The van der Waals surface area contributed by atoms with E-state index in [0.29, 0.717) is 11.1 Å². The highest BCUT2D eigenvalue weighted by Gasteiger charge is 2.34. The van der Waals surface area contributed by atoms with Gasteiger partial charge >= 0.3 is 5.97 Å². The zero-order valence-electron chi connectivity index (χ0n) is 8.90. The second-order valence-electron chi connectivity index (χ2n) is 3.89. The van der Waals surface area contributed by atoms with Crippen molar-refractivity contribution in [2.24, 2.45) is 5.73 Å². The van der Waals surface area contributed by atoms with Crippen molar-refractivity contribution in [1.82, 2.24) is 0 Å². The first-order chi connectivity index (χ1) is 7.39. The number of hydrogen-bond donors (Lipinski definition) is 3. The van der Waals surface area contributed by atoms with E-state index in [1.54, 1.807) is 19.1 Å². The van der Waals surface area contributed by atoms with E-state index in [1.165, 1.54) is 6.07 Å². The molecule has 0 bridgehead atoms. The third-order valence-corrected chi connectivity index (χ3v) is 2.46. The fraction of sp³-hybridized carbons (Fsp3) is 0.364. The third kappa shape index (κ3) is 2.49. The molecule has 0 amide bonds. The van der Waals surface area contributed by atoms with Gasteiger partial charge in [-0.2, -0.15) is 0 Å². The summed E-state index contributed by atoms with van der Waals surface area (Å²) < 4.78 is 12.6. The van der Waals surface area contributed by atoms with Crippen LogP contribution in [0.1, 0.15) is 11.1 Å². The zero-order valence-corrected chi connectivity index (χ0v) is 8.90. The van der Waals surface area contributed by atoms with E-state index < -0.39 is 18.2 Å². The Labute approximate surface area is 92.5 Å². The standard InChI is InChI=1S/C11H14FNO3/c1-7-2-3-8(4-9(7)14)5-11(13,6-12)10(15)16/h2-4,14H,5-6,13H2,1H3,(H,15,16). The van der Waals surface area contributed by atoms with Crippen molar-refractivity contribution in [3.8, 4) is 5.75 Å². The molecule has 0 heterocycles. The van der Waals surface area contributed by atoms with Gasteiger partial charge in [-0.25, -0.2) is 4.39 Å². The van der Waals surface area contributed by atoms with E-state index in [9.17, 15) is 14.3 Å². The van der Waals surface area contributed by atoms with Crippen LogP contribution in [0, 0.1) is 6.92 Å². The number of hydrogen-bond acceptors (Lipinski definition) is 3. The number of phenolic OH excluding ortho intramolecular Hbond substituents is 1. The fourth-order valence-electron chi connectivity index (χ4n) is 1.31. The van der Waals surface area contributed by atoms with E-state index in [1.807, 2.05) is 0 Å². The molecule has 16 heavy (non-hydrogen) atoms. The summed E-state index contributed by atoms with van der Waals surface area (Å²) in [7, 11) is 0. The number of benzene rings is 1. The number of carboxylic acid groups (broad SMARTS) is 1. The summed E-state index contributed by atoms with van der Waals surface area (Å²) in [5.41, 5.74) is 4.64. The quantitative estimate of drug-likeness (QED) is 0.716. The van der Waals surface area contributed by atoms with Crippen LogP contribution < -0.4 is 5.73 Å². The lowest BCUT2D eigenvalue weighted by Crippen LogP contribution is -2.52. The molecule has 0 radical (unpaired) electrons. The van der Waals surface area contributed by atoms with Crippen molar-refractivity contribution in [3.63, 3.8) is 0 Å². The smallest absolute Gasteiger partial charge is 0.326 e. The molecular weight excluding hydrogens is 213 g/mol. The topological polar surface area (TPSA) is 83.6 Å². The molecule has 0 aromatic heterocycles. The number of aromatic hydroxyl groups is 1. The van der Waals surface area contributed by atoms with Crippen LogP contribution in [0.2, 0.25) is 0 Å². The van der Waals surface area contributed by atoms with Crippen LogP contribution in [0.3, 0.4) is 0 Å². The minimum Gasteiger partial charge on any atom is -0.508 e. The molecule has 1 rings (SSSR count). The Morgan fingerprint density at radius 3 is 2.62 bits per heavy atom. The number of alkyl halides is 1. The van der Waals surface area contributed by atoms with E-state index >= 15 is 0 Å². The van der Waals surface area contributed by atoms with E-state index in [-0.39, 0.29) is 12.2 Å². The Balaban J connectivity index is 2.95. The summed E-state index contributed by atoms with van der Waals surface area (Å²) >= 11 is 0. The highest BCUT2D eigenvalue weighted by Crippen LogP contribution is 2.20. The molecule has 4 N–H and O–H groups in total. The Morgan fingerprint density at radius 2 is 2.19 bits per heavy atom. The van der Waals surface area contributed by atoms with Crippen LogP contribution in [0.25, 0.3) is 0 Å². The maximum Gasteiger partial charge on any atom is 0.326 e. The summed E-state index contributed by atoms with van der Waals surface area (Å²) in [6, 6.07) is 4.65. The zero-order chi connectivity index (χ0) is 12.3. The van der Waals surface area contributed by atoms with Gasteiger partial charge in [0.2, 0.25) is 0 Å². The van der Waals surface area contributed by atoms with E-state index in [2.05, 4.69) is 0 Å². The Morgan fingerprint density at radius 1 is 1.56 bits per heavy atom. The summed E-state index contributed by atoms with van der Waals surface area (Å²) in [6.45, 7) is 0.554. The number of phenols is 1. The molecule has 4 nitrogen and oxygen atoms in total. The molecule has 0 saturated carbocycles. The van der Waals surface area contributed by atoms with Crippen LogP contribution in [-0.4, -0.2) is 28.4 Å². The monoisotopic (exact) mass is 227 g/mol. The van der Waals surface area contributed by atoms with Gasteiger partial charge in [-0.1, -0.05) is 12.1 Å². The predicted octanol–water partition coefficient (Wildman–Crippen LogP) is 0.995. The molecule has 1 atom stereocenters. The van der Waals surface area contributed by atoms with Gasteiger partial charge in [-0.05, 0) is 24.1 Å². The largest absolute Gasteiger partial charge is 0.508 e. The van der Waals surface area contributed by atoms with Gasteiger partial charge < -0.3 is 15.9 Å². The molecule has 0 fully saturated rings. The normalized spacial score (nSPS) is 14.4. The molecule has 5 heteroatoms. The molecule has 1 unspecified atom stereocenters. The predicted molar refractivity (Wildman–Crippen MR) is 57.1 cm³/mol. The number of aliphatic carboxylic acids is 1. The highest BCUT2D eigenvalue weighted by molar-refractivity contribution is 5.79. The second-order valence-corrected chi connectivity index (χ2v) is 3.89. The Bertz CT molecular complexity index is 408. The van der Waals surface area contributed by atoms with Crippen molar-refractivity contribution < 1.29 is 19.4 Å². The Hall–Kier alpha value is -1.62. The number of rotatable bonds is 4. The van der Waals surface area contributed by atoms with Crippen molar-refractivity contribution in [2.75, 3.05) is 6.67 Å². The van der Waals surface area contributed by atoms with Crippen LogP contribution in [-0.2, 0) is 11.2 Å². The van der Waals surface area contributed by atoms with Gasteiger partial charge in [-0.15, -0.1) is 0 Å². The van der Waals surface area contributed by atoms with Crippen molar-refractivity contribution in [3.05, 3.63) is 29.3 Å². The van der Waals surface area contributed by atoms with E-state index in [0.717, 1.165) is 0 Å². The number of nitrogens with two attached hydrogens (primary N) is 1. The summed E-state index contributed by atoms with van der Waals surface area (Å²) in [6.07, 6.45) is -0.160. The minimum atomic E-state index is -1.93. The maximum atomic E-state index is 12.6. The summed E-state index contributed by atoms with van der Waals surface area (Å²) in [4.78, 5) is 10.8. The van der Waals surface area contributed by atoms with Gasteiger partial charge in [0.15, 0.2) is 0 Å². The molecular formula is C11H14FNO3. The van der Waals surface area contributed by atoms with Gasteiger partial charge in [0.25, 0.3) is 0 Å². The lowest BCUT2D eigenvalue weighted by atomic mass is 9.92. The first-order valence-electron chi connectivity index (χ1n) is 4.76. The second kappa shape index (κ2) is 4.49. The lowest BCUT2D eigenvalue weighted by Gasteiger charge is -2.21. The maximum absolute atomic E-state index is 12.6. The van der Waals surface area contributed by atoms with Crippen molar-refractivity contribution >= 4 is 5.97 Å². The van der Waals surface area contributed by atoms with E-state index in [4.69, 9.17) is 10.8 Å². The fourth-order valence-corrected chi connectivity index (χ4v) is 1.31. The molecule has 88 valence electrons. The number of carbonyl (C=O) groups is 1. The van der Waals surface area contributed by atoms with Crippen LogP contribution in [0.5, 0.6) is 5.75 Å². The molecule has 0 aliphatic heterocycles. The average Bonchev–Trinajstić information content (AvgIpc) is 2.23. The molecule has 0 aliphatic carbocycles. The molecule has 1 aromatic carbocycles. The van der Waals surface area contributed by atoms with Crippen molar-refractivity contribution in [2.45, 2.75) is 18.9 Å². The van der Waals surface area contributed by atoms with Gasteiger partial charge in [0.05, 0.1) is 0 Å². The molecule has 0 saturated heterocycles. The molecule has 1 aromatic rings. The minimum absolute atomic E-state index is 0.0455. The first-order valence-corrected chi connectivity index (χ1v) is 4.76. The number of aryl methyl sites for hydroxylation is 1. The Kier molecular flexibility index (Phi) is 3.49. The van der Waals surface area contributed by atoms with Crippen molar-refractivity contribution in [1.29, 1.82) is 0 Å². The SMILES string of the molecule is Cc1ccc(CC(N)(CF)C(=O)O)cc1O. The van der Waals surface area contributed by atoms with Gasteiger partial charge in [-0.3, -0.25) is 4.79 Å². The van der Waals surface area contributed by atoms with Crippen LogP contribution >= 0.6 is 0 Å². The average molecular weight is 227 g/mol. The van der Waals surface area contributed by atoms with Crippen LogP contribution in [0.15, 0.2) is 18.2 Å². The number of carboxylic acids is 1. The lowest BCUT2D eigenvalue weighted by molar-refractivity contribution is -0.143. The highest BCUT2D eigenvalue weighted by atomic mass is 19.1. The van der Waals surface area contributed by atoms with Crippen LogP contribution in [0.4, 0.5) is 4.39 Å². The first kappa shape index (κ1) is 12.4. The molecule has 0 spiro atoms. The third-order valence-electron chi connectivity index (χ3n) is 2.46. The summed E-state index contributed by atoms with van der Waals surface area (Å²) in [5.74, 6) is -1.35. The molecule has 0 aliphatic rings.